The molecule has 0 bridgehead atoms. The second-order valence-electron chi connectivity index (χ2n) is 3.04. The molecular weight excluding hydrogens is 152 g/mol. The van der Waals surface area contributed by atoms with Gasteiger partial charge < -0.3 is 11.1 Å². The van der Waals surface area contributed by atoms with Crippen LogP contribution in [-0.4, -0.2) is 31.8 Å². The molecule has 0 aromatic rings. The van der Waals surface area contributed by atoms with Crippen molar-refractivity contribution >= 4 is 0 Å². The van der Waals surface area contributed by atoms with Crippen LogP contribution < -0.4 is 16.4 Å². The molecule has 70 valence electrons. The molecule has 0 aromatic heterocycles. The minimum atomic E-state index is -0.338. The van der Waals surface area contributed by atoms with Gasteiger partial charge in [0.1, 0.15) is 0 Å². The van der Waals surface area contributed by atoms with Crippen molar-refractivity contribution in [3.05, 3.63) is 4.85 Å². The first kappa shape index (κ1) is 11.4. The molecule has 0 spiro atoms. The summed E-state index contributed by atoms with van der Waals surface area (Å²) in [5.74, 6) is 0. The Balaban J connectivity index is 3.54. The van der Waals surface area contributed by atoms with Gasteiger partial charge in [-0.15, -0.1) is 0 Å². The van der Waals surface area contributed by atoms with E-state index in [4.69, 9.17) is 12.3 Å². The zero-order valence-electron chi connectivity index (χ0n) is 7.93. The minimum absolute atomic E-state index is 0.338. The van der Waals surface area contributed by atoms with Crippen LogP contribution >= 0.6 is 0 Å². The molecule has 0 aliphatic rings. The summed E-state index contributed by atoms with van der Waals surface area (Å²) in [5.41, 5.74) is 5.16. The Kier molecular flexibility index (Phi) is 5.64. The number of rotatable bonds is 6. The van der Waals surface area contributed by atoms with E-state index in [1.54, 1.807) is 0 Å². The normalized spacial score (nSPS) is 15.2. The number of hydrogen-bond acceptors (Lipinski definition) is 3. The molecule has 4 N–H and O–H groups in total. The van der Waals surface area contributed by atoms with Gasteiger partial charge in [0.25, 0.3) is 6.57 Å². The van der Waals surface area contributed by atoms with E-state index in [1.807, 2.05) is 6.92 Å². The van der Waals surface area contributed by atoms with Gasteiger partial charge in [-0.2, -0.15) is 0 Å². The summed E-state index contributed by atoms with van der Waals surface area (Å²) in [7, 11) is 0. The zero-order chi connectivity index (χ0) is 9.45. The Labute approximate surface area is 74.3 Å². The Bertz CT molecular complexity index is 152. The zero-order valence-corrected chi connectivity index (χ0v) is 7.93. The van der Waals surface area contributed by atoms with Gasteiger partial charge in [0.15, 0.2) is 0 Å². The van der Waals surface area contributed by atoms with Crippen molar-refractivity contribution in [2.75, 3.05) is 26.3 Å². The van der Waals surface area contributed by atoms with Crippen molar-refractivity contribution in [3.8, 4) is 6.57 Å². The first-order chi connectivity index (χ1) is 5.68. The van der Waals surface area contributed by atoms with Crippen LogP contribution in [0.4, 0.5) is 0 Å². The average molecular weight is 171 g/mol. The molecular formula is C8H19N4+. The summed E-state index contributed by atoms with van der Waals surface area (Å²) in [6, 6.07) is 0. The fourth-order valence-electron chi connectivity index (χ4n) is 0.716. The van der Waals surface area contributed by atoms with Crippen molar-refractivity contribution in [2.45, 2.75) is 19.4 Å². The highest BCUT2D eigenvalue weighted by Gasteiger charge is 2.31. The number of nitrogens with one attached hydrogen (secondary N) is 2. The molecule has 4 nitrogen and oxygen atoms in total. The molecule has 1 atom stereocenters. The number of nitrogens with two attached hydrogens (primary N) is 1. The highest BCUT2D eigenvalue weighted by atomic mass is 15.1. The quantitative estimate of drug-likeness (QED) is 0.384. The van der Waals surface area contributed by atoms with E-state index < -0.39 is 0 Å². The van der Waals surface area contributed by atoms with Gasteiger partial charge >= 0.3 is 5.54 Å². The number of nitrogens with zero attached hydrogens (tertiary/aromatic N) is 1. The van der Waals surface area contributed by atoms with Crippen LogP contribution in [0.2, 0.25) is 0 Å². The van der Waals surface area contributed by atoms with Gasteiger partial charge in [-0.05, 0) is 6.54 Å². The molecule has 12 heavy (non-hydrogen) atoms. The average Bonchev–Trinajstić information content (AvgIpc) is 2.12. The van der Waals surface area contributed by atoms with Crippen LogP contribution in [0.15, 0.2) is 0 Å². The van der Waals surface area contributed by atoms with Crippen molar-refractivity contribution in [1.82, 2.24) is 10.6 Å². The Morgan fingerprint density at radius 3 is 2.58 bits per heavy atom. The molecule has 0 aromatic carbocycles. The third kappa shape index (κ3) is 4.29. The van der Waals surface area contributed by atoms with Crippen LogP contribution in [0.3, 0.4) is 0 Å². The van der Waals surface area contributed by atoms with Crippen LogP contribution in [0, 0.1) is 6.57 Å². The first-order valence-electron chi connectivity index (χ1n) is 4.22. The Hall–Kier alpha value is -0.630. The smallest absolute Gasteiger partial charge is 0.302 e. The van der Waals surface area contributed by atoms with Gasteiger partial charge in [-0.25, -0.2) is 0 Å². The standard InChI is InChI=1S/C8H19N4/c1-4-11-7-12-6-8(2,5-9)10-3/h3,11-12H,4-7,9H2,1-2H3/q+1. The SMILES string of the molecule is C#[N+]C(C)(CN)CNCNCC. The summed E-state index contributed by atoms with van der Waals surface area (Å²) in [5, 5.41) is 6.30. The van der Waals surface area contributed by atoms with E-state index in [1.165, 1.54) is 0 Å². The second kappa shape index (κ2) is 5.95. The maximum atomic E-state index is 5.50. The maximum absolute atomic E-state index is 5.50. The van der Waals surface area contributed by atoms with Crippen molar-refractivity contribution < 1.29 is 0 Å². The van der Waals surface area contributed by atoms with Gasteiger partial charge in [-0.1, -0.05) is 11.8 Å². The molecule has 0 aliphatic heterocycles. The Morgan fingerprint density at radius 1 is 1.50 bits per heavy atom. The molecule has 4 heteroatoms. The molecule has 0 heterocycles. The summed E-state index contributed by atoms with van der Waals surface area (Å²) in [6.45, 7) is 12.1. The molecule has 0 aliphatic carbocycles. The van der Waals surface area contributed by atoms with E-state index in [9.17, 15) is 0 Å². The first-order valence-corrected chi connectivity index (χ1v) is 4.22. The molecule has 0 fully saturated rings. The van der Waals surface area contributed by atoms with Crippen molar-refractivity contribution in [1.29, 1.82) is 0 Å². The lowest BCUT2D eigenvalue weighted by molar-refractivity contribution is 0.484. The summed E-state index contributed by atoms with van der Waals surface area (Å²) in [4.78, 5) is 3.72. The fraction of sp³-hybridized carbons (Fsp3) is 0.875. The molecule has 1 unspecified atom stereocenters. The van der Waals surface area contributed by atoms with Crippen LogP contribution in [0.5, 0.6) is 0 Å². The largest absolute Gasteiger partial charge is 0.323 e. The van der Waals surface area contributed by atoms with Crippen LogP contribution in [-0.2, 0) is 0 Å². The lowest BCUT2D eigenvalue weighted by Gasteiger charge is -2.11. The van der Waals surface area contributed by atoms with Crippen molar-refractivity contribution in [3.63, 3.8) is 0 Å². The predicted octanol–water partition coefficient (Wildman–Crippen LogP) is -0.177. The van der Waals surface area contributed by atoms with Gasteiger partial charge in [0.05, 0.1) is 13.1 Å². The van der Waals surface area contributed by atoms with Crippen LogP contribution in [0.1, 0.15) is 13.8 Å². The lowest BCUT2D eigenvalue weighted by atomic mass is 10.1. The summed E-state index contributed by atoms with van der Waals surface area (Å²) >= 11 is 0. The molecule has 0 amide bonds. The van der Waals surface area contributed by atoms with Crippen LogP contribution in [0.25, 0.3) is 4.85 Å². The van der Waals surface area contributed by atoms with Crippen molar-refractivity contribution in [2.24, 2.45) is 5.73 Å². The maximum Gasteiger partial charge on any atom is 0.302 e. The van der Waals surface area contributed by atoms with Gasteiger partial charge in [0.2, 0.25) is 0 Å². The van der Waals surface area contributed by atoms with Gasteiger partial charge in [-0.3, -0.25) is 5.32 Å². The van der Waals surface area contributed by atoms with E-state index in [2.05, 4.69) is 22.4 Å². The highest BCUT2D eigenvalue weighted by molar-refractivity contribution is 4.99. The lowest BCUT2D eigenvalue weighted by Crippen LogP contribution is -2.44. The monoisotopic (exact) mass is 171 g/mol. The second-order valence-corrected chi connectivity index (χ2v) is 3.04. The van der Waals surface area contributed by atoms with E-state index in [0.29, 0.717) is 13.1 Å². The molecule has 0 saturated heterocycles. The predicted molar refractivity (Wildman–Crippen MR) is 52.3 cm³/mol. The minimum Gasteiger partial charge on any atom is -0.323 e. The van der Waals surface area contributed by atoms with E-state index in [-0.39, 0.29) is 5.54 Å². The topological polar surface area (TPSA) is 54.4 Å². The van der Waals surface area contributed by atoms with E-state index in [0.717, 1.165) is 13.2 Å². The third-order valence-corrected chi connectivity index (χ3v) is 1.76. The van der Waals surface area contributed by atoms with E-state index >= 15 is 0 Å². The molecule has 0 saturated carbocycles. The summed E-state index contributed by atoms with van der Waals surface area (Å²) in [6.07, 6.45) is 0. The summed E-state index contributed by atoms with van der Waals surface area (Å²) < 4.78 is 0. The molecule has 0 radical (unpaired) electrons. The number of hydrogen-bond donors (Lipinski definition) is 3. The van der Waals surface area contributed by atoms with Gasteiger partial charge in [0, 0.05) is 13.6 Å². The highest BCUT2D eigenvalue weighted by Crippen LogP contribution is 2.04. The Morgan fingerprint density at radius 2 is 2.17 bits per heavy atom. The fourth-order valence-corrected chi connectivity index (χ4v) is 0.716. The molecule has 0 rings (SSSR count). The third-order valence-electron chi connectivity index (χ3n) is 1.76.